The monoisotopic (exact) mass is 453 g/mol. The lowest BCUT2D eigenvalue weighted by atomic mass is 9.89. The molecule has 0 saturated carbocycles. The van der Waals surface area contributed by atoms with Gasteiger partial charge in [0.15, 0.2) is 5.96 Å². The van der Waals surface area contributed by atoms with Crippen LogP contribution in [0.1, 0.15) is 47.0 Å². The standard InChI is InChI=1S/C15H30F3N3O.HI/c1-12(7-8-14(2,3)4)21-13(19-5)20-9-6-10-22-11-15(16,17)18;/h12H,6-11H2,1-5H3,(H2,19,20,21);1H. The van der Waals surface area contributed by atoms with E-state index in [2.05, 4.69) is 48.1 Å². The fraction of sp³-hybridized carbons (Fsp3) is 0.933. The molecule has 0 bridgehead atoms. The van der Waals surface area contributed by atoms with Gasteiger partial charge in [-0.05, 0) is 31.6 Å². The van der Waals surface area contributed by atoms with E-state index in [0.717, 1.165) is 12.8 Å². The van der Waals surface area contributed by atoms with Crippen molar-refractivity contribution in [2.45, 2.75) is 59.2 Å². The maximum absolute atomic E-state index is 11.9. The molecule has 4 nitrogen and oxygen atoms in total. The second-order valence-corrected chi connectivity index (χ2v) is 6.67. The van der Waals surface area contributed by atoms with E-state index in [0.29, 0.717) is 24.3 Å². The van der Waals surface area contributed by atoms with Crippen molar-refractivity contribution in [1.82, 2.24) is 10.6 Å². The molecule has 0 aliphatic rings. The summed E-state index contributed by atoms with van der Waals surface area (Å²) < 4.78 is 40.2. The zero-order chi connectivity index (χ0) is 17.2. The van der Waals surface area contributed by atoms with Gasteiger partial charge < -0.3 is 15.4 Å². The normalized spacial score (nSPS) is 14.2. The number of guanidine groups is 1. The molecule has 0 amide bonds. The third-order valence-corrected chi connectivity index (χ3v) is 2.96. The Morgan fingerprint density at radius 3 is 2.30 bits per heavy atom. The minimum Gasteiger partial charge on any atom is -0.372 e. The molecule has 0 aliphatic heterocycles. The quantitative estimate of drug-likeness (QED) is 0.253. The van der Waals surface area contributed by atoms with E-state index >= 15 is 0 Å². The van der Waals surface area contributed by atoms with Crippen molar-refractivity contribution in [3.05, 3.63) is 0 Å². The Kier molecular flexibility index (Phi) is 13.2. The number of nitrogens with zero attached hydrogens (tertiary/aromatic N) is 1. The zero-order valence-electron chi connectivity index (χ0n) is 14.7. The molecule has 0 aromatic heterocycles. The lowest BCUT2D eigenvalue weighted by molar-refractivity contribution is -0.173. The number of hydrogen-bond acceptors (Lipinski definition) is 2. The maximum Gasteiger partial charge on any atom is 0.411 e. The molecule has 0 heterocycles. The van der Waals surface area contributed by atoms with E-state index in [-0.39, 0.29) is 36.6 Å². The van der Waals surface area contributed by atoms with Gasteiger partial charge in [-0.15, -0.1) is 24.0 Å². The number of aliphatic imine (C=N–C) groups is 1. The van der Waals surface area contributed by atoms with Crippen molar-refractivity contribution in [1.29, 1.82) is 0 Å². The summed E-state index contributed by atoms with van der Waals surface area (Å²) in [6, 6.07) is 0.284. The highest BCUT2D eigenvalue weighted by atomic mass is 127. The number of hydrogen-bond donors (Lipinski definition) is 2. The van der Waals surface area contributed by atoms with Gasteiger partial charge in [-0.3, -0.25) is 4.99 Å². The van der Waals surface area contributed by atoms with E-state index in [1.807, 2.05) is 0 Å². The van der Waals surface area contributed by atoms with Crippen molar-refractivity contribution in [3.63, 3.8) is 0 Å². The van der Waals surface area contributed by atoms with Crippen molar-refractivity contribution < 1.29 is 17.9 Å². The van der Waals surface area contributed by atoms with Gasteiger partial charge >= 0.3 is 6.18 Å². The predicted octanol–water partition coefficient (Wildman–Crippen LogP) is 3.95. The fourth-order valence-corrected chi connectivity index (χ4v) is 1.72. The molecule has 0 aromatic rings. The number of nitrogens with one attached hydrogen (secondary N) is 2. The van der Waals surface area contributed by atoms with Crippen molar-refractivity contribution in [2.24, 2.45) is 10.4 Å². The minimum absolute atomic E-state index is 0. The molecule has 140 valence electrons. The summed E-state index contributed by atoms with van der Waals surface area (Å²) in [4.78, 5) is 4.10. The first-order valence-corrected chi connectivity index (χ1v) is 7.65. The number of ether oxygens (including phenoxy) is 1. The molecule has 23 heavy (non-hydrogen) atoms. The number of alkyl halides is 3. The van der Waals surface area contributed by atoms with Gasteiger partial charge in [0.1, 0.15) is 6.61 Å². The lowest BCUT2D eigenvalue weighted by Crippen LogP contribution is -2.43. The molecule has 0 aliphatic carbocycles. The first-order valence-electron chi connectivity index (χ1n) is 7.65. The minimum atomic E-state index is -4.26. The average Bonchev–Trinajstić information content (AvgIpc) is 2.37. The third kappa shape index (κ3) is 17.9. The first kappa shape index (κ1) is 25.0. The van der Waals surface area contributed by atoms with Crippen molar-refractivity contribution in [2.75, 3.05) is 26.8 Å². The van der Waals surface area contributed by atoms with Crippen LogP contribution in [0.4, 0.5) is 13.2 Å². The third-order valence-electron chi connectivity index (χ3n) is 2.96. The Morgan fingerprint density at radius 2 is 1.83 bits per heavy atom. The van der Waals surface area contributed by atoms with Crippen LogP contribution in [0.2, 0.25) is 0 Å². The van der Waals surface area contributed by atoms with Gasteiger partial charge in [0, 0.05) is 26.2 Å². The summed E-state index contributed by atoms with van der Waals surface area (Å²) in [6.45, 7) is 8.09. The van der Waals surface area contributed by atoms with Crippen LogP contribution in [0.5, 0.6) is 0 Å². The Labute approximate surface area is 155 Å². The predicted molar refractivity (Wildman–Crippen MR) is 99.6 cm³/mol. The zero-order valence-corrected chi connectivity index (χ0v) is 17.0. The summed E-state index contributed by atoms with van der Waals surface area (Å²) in [5.41, 5.74) is 0.294. The Morgan fingerprint density at radius 1 is 1.22 bits per heavy atom. The fourth-order valence-electron chi connectivity index (χ4n) is 1.72. The van der Waals surface area contributed by atoms with Gasteiger partial charge in [0.25, 0.3) is 0 Å². The van der Waals surface area contributed by atoms with Crippen LogP contribution < -0.4 is 10.6 Å². The lowest BCUT2D eigenvalue weighted by Gasteiger charge is -2.23. The SMILES string of the molecule is CN=C(NCCCOCC(F)(F)F)NC(C)CCC(C)(C)C.I. The summed E-state index contributed by atoms with van der Waals surface area (Å²) in [5, 5.41) is 6.35. The van der Waals surface area contributed by atoms with E-state index in [1.54, 1.807) is 7.05 Å². The molecule has 2 N–H and O–H groups in total. The first-order chi connectivity index (χ1) is 10.0. The summed E-state index contributed by atoms with van der Waals surface area (Å²) in [6.07, 6.45) is -1.64. The second kappa shape index (κ2) is 12.2. The highest BCUT2D eigenvalue weighted by Gasteiger charge is 2.27. The van der Waals surface area contributed by atoms with Crippen LogP contribution >= 0.6 is 24.0 Å². The molecule has 0 fully saturated rings. The molecular weight excluding hydrogens is 422 g/mol. The van der Waals surface area contributed by atoms with Gasteiger partial charge in [0.05, 0.1) is 0 Å². The molecular formula is C15H31F3IN3O. The van der Waals surface area contributed by atoms with Crippen LogP contribution in [-0.4, -0.2) is 45.0 Å². The van der Waals surface area contributed by atoms with Crippen molar-refractivity contribution >= 4 is 29.9 Å². The van der Waals surface area contributed by atoms with E-state index < -0.39 is 12.8 Å². The molecule has 1 atom stereocenters. The highest BCUT2D eigenvalue weighted by Crippen LogP contribution is 2.21. The average molecular weight is 453 g/mol. The number of rotatable bonds is 8. The Balaban J connectivity index is 0. The van der Waals surface area contributed by atoms with E-state index in [4.69, 9.17) is 0 Å². The molecule has 0 spiro atoms. The summed E-state index contributed by atoms with van der Waals surface area (Å²) >= 11 is 0. The Hall–Kier alpha value is -0.250. The van der Waals surface area contributed by atoms with Crippen molar-refractivity contribution in [3.8, 4) is 0 Å². The summed E-state index contributed by atoms with van der Waals surface area (Å²) in [5.74, 6) is 0.664. The van der Waals surface area contributed by atoms with Crippen LogP contribution in [0.25, 0.3) is 0 Å². The van der Waals surface area contributed by atoms with Crippen LogP contribution in [0.3, 0.4) is 0 Å². The molecule has 8 heteroatoms. The van der Waals surface area contributed by atoms with E-state index in [9.17, 15) is 13.2 Å². The van der Waals surface area contributed by atoms with Gasteiger partial charge in [0.2, 0.25) is 0 Å². The second-order valence-electron chi connectivity index (χ2n) is 6.67. The van der Waals surface area contributed by atoms with Gasteiger partial charge in [-0.1, -0.05) is 20.8 Å². The topological polar surface area (TPSA) is 45.7 Å². The van der Waals surface area contributed by atoms with Crippen LogP contribution in [0.15, 0.2) is 4.99 Å². The van der Waals surface area contributed by atoms with Gasteiger partial charge in [-0.2, -0.15) is 13.2 Å². The molecule has 1 unspecified atom stereocenters. The highest BCUT2D eigenvalue weighted by molar-refractivity contribution is 14.0. The van der Waals surface area contributed by atoms with Gasteiger partial charge in [-0.25, -0.2) is 0 Å². The maximum atomic E-state index is 11.9. The molecule has 0 radical (unpaired) electrons. The molecule has 0 rings (SSSR count). The van der Waals surface area contributed by atoms with Crippen LogP contribution in [0, 0.1) is 5.41 Å². The Bertz CT molecular complexity index is 331. The van der Waals surface area contributed by atoms with E-state index in [1.165, 1.54) is 0 Å². The molecule has 0 aromatic carbocycles. The summed E-state index contributed by atoms with van der Waals surface area (Å²) in [7, 11) is 1.67. The largest absolute Gasteiger partial charge is 0.411 e. The smallest absolute Gasteiger partial charge is 0.372 e. The molecule has 0 saturated heterocycles. The van der Waals surface area contributed by atoms with Crippen LogP contribution in [-0.2, 0) is 4.74 Å². The number of halogens is 4.